The van der Waals surface area contributed by atoms with Crippen molar-refractivity contribution in [2.45, 2.75) is 58.2 Å². The lowest BCUT2D eigenvalue weighted by Gasteiger charge is -2.36. The number of nitrogens with zero attached hydrogens (tertiary/aromatic N) is 1. The molecule has 7 heteroatoms. The van der Waals surface area contributed by atoms with Gasteiger partial charge in [0.25, 0.3) is 0 Å². The highest BCUT2D eigenvalue weighted by Crippen LogP contribution is 2.15. The molecule has 0 atom stereocenters. The lowest BCUT2D eigenvalue weighted by molar-refractivity contribution is -0.140. The highest BCUT2D eigenvalue weighted by Gasteiger charge is 2.39. The van der Waals surface area contributed by atoms with Crippen molar-refractivity contribution in [2.24, 2.45) is 0 Å². The molecule has 0 aromatic heterocycles. The highest BCUT2D eigenvalue weighted by atomic mass is 16.3. The van der Waals surface area contributed by atoms with Crippen molar-refractivity contribution in [3.05, 3.63) is 0 Å². The molecule has 0 aliphatic rings. The first-order valence-electron chi connectivity index (χ1n) is 6.74. The zero-order chi connectivity index (χ0) is 17.1. The molecule has 0 aliphatic carbocycles. The lowest BCUT2D eigenvalue weighted by Crippen LogP contribution is -2.64. The molecular formula is C14H27N3O4. The number of hydrogen-bond acceptors (Lipinski definition) is 5. The Kier molecular flexibility index (Phi) is 6.07. The molecule has 122 valence electrons. The second-order valence-electron chi connectivity index (χ2n) is 6.77. The molecule has 0 fully saturated rings. The van der Waals surface area contributed by atoms with Crippen LogP contribution in [0.2, 0.25) is 0 Å². The third-order valence-corrected chi connectivity index (χ3v) is 3.45. The summed E-state index contributed by atoms with van der Waals surface area (Å²) >= 11 is 0. The summed E-state index contributed by atoms with van der Waals surface area (Å²) in [5, 5.41) is 14.3. The Labute approximate surface area is 126 Å². The molecule has 0 aromatic rings. The van der Waals surface area contributed by atoms with Crippen LogP contribution in [0.4, 0.5) is 0 Å². The molecule has 3 N–H and O–H groups in total. The largest absolute Gasteiger partial charge is 0.381 e. The minimum Gasteiger partial charge on any atom is -0.381 e. The first kappa shape index (κ1) is 19.5. The molecule has 0 radical (unpaired) electrons. The van der Waals surface area contributed by atoms with Crippen molar-refractivity contribution < 1.29 is 19.5 Å². The van der Waals surface area contributed by atoms with Gasteiger partial charge in [-0.05, 0) is 48.6 Å². The number of hydrogen-bond donors (Lipinski definition) is 3. The minimum absolute atomic E-state index is 0.286. The van der Waals surface area contributed by atoms with Crippen LogP contribution in [0.25, 0.3) is 0 Å². The van der Waals surface area contributed by atoms with E-state index >= 15 is 0 Å². The summed E-state index contributed by atoms with van der Waals surface area (Å²) in [6.45, 7) is 9.24. The van der Waals surface area contributed by atoms with Crippen molar-refractivity contribution in [3.8, 4) is 0 Å². The predicted molar refractivity (Wildman–Crippen MR) is 79.4 cm³/mol. The van der Waals surface area contributed by atoms with Crippen molar-refractivity contribution in [1.29, 1.82) is 0 Å². The maximum absolute atomic E-state index is 12.3. The average molecular weight is 301 g/mol. The summed E-state index contributed by atoms with van der Waals surface area (Å²) in [5.74, 6) is -0.862. The normalized spacial score (nSPS) is 13.0. The van der Waals surface area contributed by atoms with Gasteiger partial charge in [0, 0.05) is 0 Å². The summed E-state index contributed by atoms with van der Waals surface area (Å²) in [7, 11) is 1.60. The van der Waals surface area contributed by atoms with Gasteiger partial charge >= 0.3 is 0 Å². The van der Waals surface area contributed by atoms with Gasteiger partial charge in [-0.3, -0.25) is 14.5 Å². The third-order valence-electron chi connectivity index (χ3n) is 3.45. The van der Waals surface area contributed by atoms with Gasteiger partial charge in [-0.1, -0.05) is 0 Å². The number of carbonyl (C=O) groups is 3. The Bertz CT molecular complexity index is 416. The smallest absolute Gasteiger partial charge is 0.245 e. The molecule has 0 unspecified atom stereocenters. The van der Waals surface area contributed by atoms with Gasteiger partial charge in [0.2, 0.25) is 11.8 Å². The molecule has 0 aliphatic heterocycles. The summed E-state index contributed by atoms with van der Waals surface area (Å²) < 4.78 is 0. The molecule has 21 heavy (non-hydrogen) atoms. The molecule has 0 spiro atoms. The van der Waals surface area contributed by atoms with Gasteiger partial charge in [-0.2, -0.15) is 0 Å². The first-order chi connectivity index (χ1) is 9.30. The molecule has 2 amide bonds. The topological polar surface area (TPSA) is 98.7 Å². The number of aldehydes is 1. The van der Waals surface area contributed by atoms with Crippen LogP contribution in [0.15, 0.2) is 0 Å². The van der Waals surface area contributed by atoms with Gasteiger partial charge < -0.3 is 20.5 Å². The predicted octanol–water partition coefficient (Wildman–Crippen LogP) is -0.365. The summed E-state index contributed by atoms with van der Waals surface area (Å²) in [6.07, 6.45) is 0.631. The Morgan fingerprint density at radius 1 is 1.05 bits per heavy atom. The second kappa shape index (κ2) is 6.53. The van der Waals surface area contributed by atoms with E-state index in [-0.39, 0.29) is 6.73 Å². The van der Waals surface area contributed by atoms with Crippen molar-refractivity contribution >= 4 is 18.1 Å². The fourth-order valence-corrected chi connectivity index (χ4v) is 1.32. The zero-order valence-corrected chi connectivity index (χ0v) is 13.9. The van der Waals surface area contributed by atoms with E-state index in [2.05, 4.69) is 10.6 Å². The average Bonchev–Trinajstić information content (AvgIpc) is 2.36. The van der Waals surface area contributed by atoms with Crippen LogP contribution < -0.4 is 10.6 Å². The van der Waals surface area contributed by atoms with Crippen LogP contribution >= 0.6 is 0 Å². The Morgan fingerprint density at radius 3 is 1.90 bits per heavy atom. The Morgan fingerprint density at radius 2 is 1.52 bits per heavy atom. The molecule has 0 bridgehead atoms. The monoisotopic (exact) mass is 301 g/mol. The van der Waals surface area contributed by atoms with E-state index < -0.39 is 28.4 Å². The van der Waals surface area contributed by atoms with Gasteiger partial charge in [-0.15, -0.1) is 0 Å². The van der Waals surface area contributed by atoms with E-state index in [1.54, 1.807) is 48.6 Å². The van der Waals surface area contributed by atoms with Crippen LogP contribution in [0.5, 0.6) is 0 Å². The van der Waals surface area contributed by atoms with Crippen LogP contribution in [0, 0.1) is 0 Å². The van der Waals surface area contributed by atoms with Gasteiger partial charge in [-0.25, -0.2) is 0 Å². The molecular weight excluding hydrogens is 274 g/mol. The third kappa shape index (κ3) is 5.09. The summed E-state index contributed by atoms with van der Waals surface area (Å²) in [4.78, 5) is 36.8. The van der Waals surface area contributed by atoms with Crippen molar-refractivity contribution in [2.75, 3.05) is 13.8 Å². The quantitative estimate of drug-likeness (QED) is 0.440. The molecule has 0 heterocycles. The van der Waals surface area contributed by atoms with Crippen LogP contribution in [-0.2, 0) is 14.4 Å². The number of carbonyl (C=O) groups excluding carboxylic acids is 3. The minimum atomic E-state index is -1.19. The second-order valence-corrected chi connectivity index (χ2v) is 6.77. The van der Waals surface area contributed by atoms with Gasteiger partial charge in [0.05, 0.1) is 17.8 Å². The molecule has 0 saturated carbocycles. The van der Waals surface area contributed by atoms with Gasteiger partial charge in [0.15, 0.2) is 0 Å². The van der Waals surface area contributed by atoms with Crippen LogP contribution in [0.1, 0.15) is 41.5 Å². The van der Waals surface area contributed by atoms with Crippen molar-refractivity contribution in [3.63, 3.8) is 0 Å². The number of likely N-dealkylation sites (N-methyl/N-ethyl adjacent to an activating group) is 1. The molecule has 0 aromatic carbocycles. The number of amides is 2. The summed E-state index contributed by atoms with van der Waals surface area (Å²) in [5.41, 5.74) is -3.17. The highest BCUT2D eigenvalue weighted by molar-refractivity contribution is 5.95. The Hall–Kier alpha value is -1.47. The van der Waals surface area contributed by atoms with E-state index in [0.29, 0.717) is 6.29 Å². The number of aliphatic hydroxyl groups is 1. The number of nitrogens with one attached hydrogen (secondary N) is 2. The SMILES string of the molecule is CN(CO)C(C)(C)C(=O)NC(C)(C)C(=O)NC(C)(C)C=O. The number of rotatable bonds is 7. The van der Waals surface area contributed by atoms with E-state index in [0.717, 1.165) is 0 Å². The lowest BCUT2D eigenvalue weighted by atomic mass is 9.96. The molecule has 7 nitrogen and oxygen atoms in total. The van der Waals surface area contributed by atoms with E-state index in [1.165, 1.54) is 4.90 Å². The first-order valence-corrected chi connectivity index (χ1v) is 6.74. The summed E-state index contributed by atoms with van der Waals surface area (Å²) in [6, 6.07) is 0. The standard InChI is InChI=1S/C14H27N3O4/c1-12(2,8-18)15-10(20)13(3,4)16-11(21)14(5,6)17(7)9-19/h8,19H,9H2,1-7H3,(H,15,20)(H,16,21). The van der Waals surface area contributed by atoms with Crippen LogP contribution in [0.3, 0.4) is 0 Å². The number of aliphatic hydroxyl groups excluding tert-OH is 1. The fourth-order valence-electron chi connectivity index (χ4n) is 1.32. The van der Waals surface area contributed by atoms with E-state index in [9.17, 15) is 14.4 Å². The van der Waals surface area contributed by atoms with Gasteiger partial charge in [0.1, 0.15) is 11.8 Å². The maximum atomic E-state index is 12.3. The van der Waals surface area contributed by atoms with E-state index in [4.69, 9.17) is 5.11 Å². The molecule has 0 rings (SSSR count). The van der Waals surface area contributed by atoms with E-state index in [1.807, 2.05) is 0 Å². The van der Waals surface area contributed by atoms with Crippen LogP contribution in [-0.4, -0.2) is 58.5 Å². The van der Waals surface area contributed by atoms with Crippen molar-refractivity contribution in [1.82, 2.24) is 15.5 Å². The maximum Gasteiger partial charge on any atom is 0.245 e. The molecule has 0 saturated heterocycles. The Balaban J connectivity index is 5.00. The zero-order valence-electron chi connectivity index (χ0n) is 13.9. The fraction of sp³-hybridized carbons (Fsp3) is 0.786.